The second-order valence-electron chi connectivity index (χ2n) is 3.80. The van der Waals surface area contributed by atoms with Gasteiger partial charge in [0.2, 0.25) is 0 Å². The van der Waals surface area contributed by atoms with Gasteiger partial charge in [-0.1, -0.05) is 12.1 Å². The maximum atomic E-state index is 9.56. The van der Waals surface area contributed by atoms with E-state index in [2.05, 4.69) is 12.1 Å². The van der Waals surface area contributed by atoms with E-state index < -0.39 is 0 Å². The first-order valence-corrected chi connectivity index (χ1v) is 4.51. The average molecular weight is 171 g/mol. The zero-order valence-corrected chi connectivity index (χ0v) is 7.70. The highest BCUT2D eigenvalue weighted by Crippen LogP contribution is 2.29. The molecule has 3 nitrogen and oxygen atoms in total. The van der Waals surface area contributed by atoms with Gasteiger partial charge in [-0.05, 0) is 32.1 Å². The fourth-order valence-corrected chi connectivity index (χ4v) is 1.76. The first-order chi connectivity index (χ1) is 5.65. The van der Waals surface area contributed by atoms with Crippen LogP contribution in [0.3, 0.4) is 0 Å². The molecule has 0 amide bonds. The van der Waals surface area contributed by atoms with Crippen molar-refractivity contribution in [3.05, 3.63) is 0 Å². The summed E-state index contributed by atoms with van der Waals surface area (Å²) >= 11 is 0. The van der Waals surface area contributed by atoms with Crippen LogP contribution in [0.4, 0.5) is 0 Å². The highest BCUT2D eigenvalue weighted by atomic mass is 16.4. The summed E-state index contributed by atoms with van der Waals surface area (Å²) in [7, 11) is 0. The molecule has 0 saturated heterocycles. The predicted molar refractivity (Wildman–Crippen MR) is 47.4 cm³/mol. The molecule has 0 heterocycles. The minimum absolute atomic E-state index is 0.222. The first kappa shape index (κ1) is 9.52. The maximum absolute atomic E-state index is 9.56. The fraction of sp³-hybridized carbons (Fsp3) is 0.889. The molecule has 3 unspecified atom stereocenters. The van der Waals surface area contributed by atoms with Gasteiger partial charge in [0, 0.05) is 5.92 Å². The minimum Gasteiger partial charge on any atom is -0.411 e. The second-order valence-corrected chi connectivity index (χ2v) is 3.80. The highest BCUT2D eigenvalue weighted by Gasteiger charge is 2.27. The van der Waals surface area contributed by atoms with Crippen molar-refractivity contribution >= 4 is 5.71 Å². The average Bonchev–Trinajstić information content (AvgIpc) is 2.08. The number of aliphatic hydroxyl groups is 1. The largest absolute Gasteiger partial charge is 0.411 e. The van der Waals surface area contributed by atoms with Crippen LogP contribution in [0.25, 0.3) is 0 Å². The van der Waals surface area contributed by atoms with Gasteiger partial charge in [-0.25, -0.2) is 0 Å². The third-order valence-corrected chi connectivity index (χ3v) is 2.90. The van der Waals surface area contributed by atoms with E-state index in [0.29, 0.717) is 5.92 Å². The van der Waals surface area contributed by atoms with Crippen molar-refractivity contribution in [3.8, 4) is 0 Å². The van der Waals surface area contributed by atoms with Crippen LogP contribution in [0, 0.1) is 11.8 Å². The Kier molecular flexibility index (Phi) is 3.09. The van der Waals surface area contributed by atoms with Crippen LogP contribution in [0.1, 0.15) is 33.1 Å². The third-order valence-electron chi connectivity index (χ3n) is 2.90. The zero-order chi connectivity index (χ0) is 9.14. The molecule has 0 aliphatic heterocycles. The van der Waals surface area contributed by atoms with Gasteiger partial charge in [0.25, 0.3) is 0 Å². The molecule has 0 bridgehead atoms. The Morgan fingerprint density at radius 1 is 1.42 bits per heavy atom. The summed E-state index contributed by atoms with van der Waals surface area (Å²) in [6.07, 6.45) is 2.59. The molecule has 2 N–H and O–H groups in total. The summed E-state index contributed by atoms with van der Waals surface area (Å²) in [5.74, 6) is 0.675. The van der Waals surface area contributed by atoms with Crippen molar-refractivity contribution in [1.29, 1.82) is 0 Å². The van der Waals surface area contributed by atoms with Crippen molar-refractivity contribution in [2.45, 2.75) is 39.2 Å². The molecule has 0 radical (unpaired) electrons. The number of rotatable bonds is 1. The van der Waals surface area contributed by atoms with E-state index in [9.17, 15) is 5.11 Å². The molecule has 1 rings (SSSR count). The van der Waals surface area contributed by atoms with Gasteiger partial charge in [-0.2, -0.15) is 0 Å². The van der Waals surface area contributed by atoms with E-state index in [0.717, 1.165) is 25.0 Å². The van der Waals surface area contributed by atoms with E-state index in [4.69, 9.17) is 5.21 Å². The monoisotopic (exact) mass is 171 g/mol. The Labute approximate surface area is 73.1 Å². The molecule has 0 aromatic carbocycles. The van der Waals surface area contributed by atoms with Gasteiger partial charge < -0.3 is 10.3 Å². The molecule has 70 valence electrons. The summed E-state index contributed by atoms with van der Waals surface area (Å²) in [4.78, 5) is 0. The zero-order valence-electron chi connectivity index (χ0n) is 7.70. The van der Waals surface area contributed by atoms with Crippen LogP contribution in [0.2, 0.25) is 0 Å². The van der Waals surface area contributed by atoms with Crippen LogP contribution in [-0.2, 0) is 0 Å². The Bertz CT molecular complexity index is 179. The maximum Gasteiger partial charge on any atom is 0.0572 e. The van der Waals surface area contributed by atoms with Crippen LogP contribution >= 0.6 is 0 Å². The van der Waals surface area contributed by atoms with Crippen LogP contribution in [0.15, 0.2) is 5.16 Å². The highest BCUT2D eigenvalue weighted by molar-refractivity contribution is 5.83. The van der Waals surface area contributed by atoms with Gasteiger partial charge in [0.05, 0.1) is 11.8 Å². The Balaban J connectivity index is 2.51. The van der Waals surface area contributed by atoms with Gasteiger partial charge in [0.15, 0.2) is 0 Å². The molecular formula is C9H17NO2. The topological polar surface area (TPSA) is 52.8 Å². The quantitative estimate of drug-likeness (QED) is 0.358. The number of aliphatic hydroxyl groups excluding tert-OH is 1. The summed E-state index contributed by atoms with van der Waals surface area (Å²) in [6.45, 7) is 3.87. The molecular weight excluding hydrogens is 154 g/mol. The molecule has 12 heavy (non-hydrogen) atoms. The second kappa shape index (κ2) is 3.90. The molecule has 1 fully saturated rings. The smallest absolute Gasteiger partial charge is 0.0572 e. The Morgan fingerprint density at radius 3 is 2.58 bits per heavy atom. The van der Waals surface area contributed by atoms with E-state index in [1.807, 2.05) is 6.92 Å². The third kappa shape index (κ3) is 1.97. The van der Waals surface area contributed by atoms with Gasteiger partial charge in [-0.3, -0.25) is 0 Å². The Hall–Kier alpha value is -0.570. The lowest BCUT2D eigenvalue weighted by molar-refractivity contribution is 0.0666. The fourth-order valence-electron chi connectivity index (χ4n) is 1.76. The van der Waals surface area contributed by atoms with Crippen molar-refractivity contribution in [2.75, 3.05) is 0 Å². The summed E-state index contributed by atoms with van der Waals surface area (Å²) in [6, 6.07) is 0. The van der Waals surface area contributed by atoms with Crippen LogP contribution in [0.5, 0.6) is 0 Å². The van der Waals surface area contributed by atoms with E-state index in [1.165, 1.54) is 0 Å². The Morgan fingerprint density at radius 2 is 2.08 bits per heavy atom. The number of hydrogen-bond donors (Lipinski definition) is 2. The number of nitrogens with zero attached hydrogens (tertiary/aromatic N) is 1. The minimum atomic E-state index is -0.222. The van der Waals surface area contributed by atoms with Crippen molar-refractivity contribution in [2.24, 2.45) is 17.0 Å². The molecule has 3 atom stereocenters. The van der Waals surface area contributed by atoms with Crippen molar-refractivity contribution in [1.82, 2.24) is 0 Å². The number of oxime groups is 1. The molecule has 0 aromatic rings. The molecule has 0 aromatic heterocycles. The first-order valence-electron chi connectivity index (χ1n) is 4.51. The molecule has 1 aliphatic carbocycles. The lowest BCUT2D eigenvalue weighted by Gasteiger charge is -2.30. The molecule has 3 heteroatoms. The summed E-state index contributed by atoms with van der Waals surface area (Å²) in [5.41, 5.74) is 0.751. The van der Waals surface area contributed by atoms with Gasteiger partial charge in [0.1, 0.15) is 0 Å². The van der Waals surface area contributed by atoms with Crippen molar-refractivity contribution in [3.63, 3.8) is 0 Å². The SMILES string of the molecule is C/C(=N\O)C1CCC(C)C(O)C1. The number of hydrogen-bond acceptors (Lipinski definition) is 3. The van der Waals surface area contributed by atoms with Crippen LogP contribution in [-0.4, -0.2) is 22.1 Å². The molecule has 0 spiro atoms. The van der Waals surface area contributed by atoms with Crippen LogP contribution < -0.4 is 0 Å². The standard InChI is InChI=1S/C9H17NO2/c1-6-3-4-8(5-9(6)11)7(2)10-12/h6,8-9,11-12H,3-5H2,1-2H3/b10-7+. The van der Waals surface area contributed by atoms with E-state index >= 15 is 0 Å². The predicted octanol–water partition coefficient (Wildman–Crippen LogP) is 1.63. The molecule has 1 aliphatic rings. The van der Waals surface area contributed by atoms with E-state index in [-0.39, 0.29) is 12.0 Å². The van der Waals surface area contributed by atoms with Gasteiger partial charge in [-0.15, -0.1) is 0 Å². The lowest BCUT2D eigenvalue weighted by Crippen LogP contribution is -2.30. The summed E-state index contributed by atoms with van der Waals surface area (Å²) in [5, 5.41) is 21.3. The van der Waals surface area contributed by atoms with Crippen molar-refractivity contribution < 1.29 is 10.3 Å². The molecule has 1 saturated carbocycles. The lowest BCUT2D eigenvalue weighted by atomic mass is 9.79. The van der Waals surface area contributed by atoms with Gasteiger partial charge >= 0.3 is 0 Å². The normalized spacial score (nSPS) is 38.2. The van der Waals surface area contributed by atoms with E-state index in [1.54, 1.807) is 0 Å². The summed E-state index contributed by atoms with van der Waals surface area (Å²) < 4.78 is 0.